The minimum absolute atomic E-state index is 0.00886. The summed E-state index contributed by atoms with van der Waals surface area (Å²) >= 11 is 0. The molecule has 0 aliphatic carbocycles. The molecule has 0 saturated carbocycles. The average Bonchev–Trinajstić information content (AvgIpc) is 2.78. The summed E-state index contributed by atoms with van der Waals surface area (Å²) in [6.07, 6.45) is 7.25. The Balaban J connectivity index is 1.64. The van der Waals surface area contributed by atoms with E-state index in [4.69, 9.17) is 4.74 Å². The van der Waals surface area contributed by atoms with Crippen LogP contribution in [0.4, 0.5) is 0 Å². The molecular formula is C28H30N4O2. The lowest BCUT2D eigenvalue weighted by molar-refractivity contribution is 0.0864. The minimum Gasteiger partial charge on any atom is -0.455 e. The third-order valence-corrected chi connectivity index (χ3v) is 6.15. The zero-order chi connectivity index (χ0) is 24.3. The molecule has 174 valence electrons. The second-order valence-corrected chi connectivity index (χ2v) is 10.3. The van der Waals surface area contributed by atoms with Gasteiger partial charge < -0.3 is 10.1 Å². The molecule has 6 nitrogen and oxygen atoms in total. The van der Waals surface area contributed by atoms with Crippen LogP contribution in [-0.2, 0) is 0 Å². The number of carbonyl (C=O) groups is 1. The van der Waals surface area contributed by atoms with Gasteiger partial charge in [0.1, 0.15) is 23.9 Å². The highest BCUT2D eigenvalue weighted by Crippen LogP contribution is 2.37. The van der Waals surface area contributed by atoms with Gasteiger partial charge in [0.25, 0.3) is 0 Å². The van der Waals surface area contributed by atoms with Gasteiger partial charge in [-0.25, -0.2) is 9.97 Å². The van der Waals surface area contributed by atoms with E-state index in [-0.39, 0.29) is 16.9 Å². The maximum absolute atomic E-state index is 13.4. The monoisotopic (exact) mass is 454 g/mol. The summed E-state index contributed by atoms with van der Waals surface area (Å²) in [5.74, 6) is 1.42. The number of nitrogens with one attached hydrogen (secondary N) is 1. The maximum Gasteiger partial charge on any atom is 0.163 e. The Hall–Kier alpha value is -3.56. The van der Waals surface area contributed by atoms with E-state index in [9.17, 15) is 10.1 Å². The first-order chi connectivity index (χ1) is 16.2. The fourth-order valence-corrected chi connectivity index (χ4v) is 5.28. The van der Waals surface area contributed by atoms with E-state index in [1.54, 1.807) is 42.7 Å². The standard InChI is InChI=1S/C28H30N4O2/c1-27(2)13-19(14-28(3,4)32-27)11-24(33)20-9-10-26(23(12-20)22-16-30-18-31-17-22)34-25-8-6-5-7-21(25)15-29/h5-10,12,16-19,32H,11,13-14H2,1-4H3. The third-order valence-electron chi connectivity index (χ3n) is 6.15. The fourth-order valence-electron chi connectivity index (χ4n) is 5.28. The van der Waals surface area contributed by atoms with Crippen molar-refractivity contribution in [3.05, 3.63) is 72.3 Å². The molecule has 1 aliphatic heterocycles. The molecule has 1 aliphatic rings. The second kappa shape index (κ2) is 9.36. The lowest BCUT2D eigenvalue weighted by Gasteiger charge is -2.46. The predicted molar refractivity (Wildman–Crippen MR) is 132 cm³/mol. The van der Waals surface area contributed by atoms with Crippen LogP contribution in [0.25, 0.3) is 11.1 Å². The average molecular weight is 455 g/mol. The smallest absolute Gasteiger partial charge is 0.163 e. The van der Waals surface area contributed by atoms with E-state index in [1.165, 1.54) is 6.33 Å². The molecule has 1 fully saturated rings. The van der Waals surface area contributed by atoms with Crippen molar-refractivity contribution in [3.63, 3.8) is 0 Å². The topological polar surface area (TPSA) is 87.9 Å². The van der Waals surface area contributed by atoms with Gasteiger partial charge in [-0.1, -0.05) is 12.1 Å². The summed E-state index contributed by atoms with van der Waals surface area (Å²) in [5, 5.41) is 13.1. The van der Waals surface area contributed by atoms with E-state index in [2.05, 4.69) is 49.0 Å². The molecule has 3 aromatic rings. The number of Topliss-reactive ketones (excluding diaryl/α,β-unsaturated/α-hetero) is 1. The Morgan fingerprint density at radius 2 is 1.74 bits per heavy atom. The van der Waals surface area contributed by atoms with Crippen LogP contribution in [0.1, 0.15) is 62.9 Å². The van der Waals surface area contributed by atoms with Crippen LogP contribution in [0.2, 0.25) is 0 Å². The quantitative estimate of drug-likeness (QED) is 0.464. The molecular weight excluding hydrogens is 424 g/mol. The van der Waals surface area contributed by atoms with Gasteiger partial charge in [0, 0.05) is 46.6 Å². The molecule has 0 spiro atoms. The zero-order valence-corrected chi connectivity index (χ0v) is 20.1. The lowest BCUT2D eigenvalue weighted by Crippen LogP contribution is -2.57. The minimum atomic E-state index is -0.00886. The number of benzene rings is 2. The van der Waals surface area contributed by atoms with Crippen molar-refractivity contribution >= 4 is 5.78 Å². The zero-order valence-electron chi connectivity index (χ0n) is 20.1. The van der Waals surface area contributed by atoms with E-state index in [0.717, 1.165) is 18.4 Å². The number of aromatic nitrogens is 2. The number of hydrogen-bond donors (Lipinski definition) is 1. The molecule has 0 radical (unpaired) electrons. The Morgan fingerprint density at radius 3 is 2.41 bits per heavy atom. The highest BCUT2D eigenvalue weighted by Gasteiger charge is 2.38. The number of hydrogen-bond acceptors (Lipinski definition) is 6. The first-order valence-electron chi connectivity index (χ1n) is 11.5. The van der Waals surface area contributed by atoms with E-state index in [1.807, 2.05) is 12.1 Å². The summed E-state index contributed by atoms with van der Waals surface area (Å²) < 4.78 is 6.13. The Bertz CT molecular complexity index is 1210. The van der Waals surface area contributed by atoms with Crippen molar-refractivity contribution in [3.8, 4) is 28.7 Å². The number of rotatable bonds is 6. The van der Waals surface area contributed by atoms with E-state index in [0.29, 0.717) is 40.5 Å². The molecule has 6 heteroatoms. The number of carbonyl (C=O) groups excluding carboxylic acids is 1. The highest BCUT2D eigenvalue weighted by atomic mass is 16.5. The van der Waals surface area contributed by atoms with Crippen LogP contribution in [0, 0.1) is 17.2 Å². The highest BCUT2D eigenvalue weighted by molar-refractivity contribution is 5.98. The van der Waals surface area contributed by atoms with Gasteiger partial charge in [0.15, 0.2) is 5.78 Å². The molecule has 0 bridgehead atoms. The molecule has 0 unspecified atom stereocenters. The molecule has 1 N–H and O–H groups in total. The number of ketones is 1. The second-order valence-electron chi connectivity index (χ2n) is 10.3. The van der Waals surface area contributed by atoms with Crippen LogP contribution in [0.15, 0.2) is 61.2 Å². The summed E-state index contributed by atoms with van der Waals surface area (Å²) in [6, 6.07) is 14.7. The van der Waals surface area contributed by atoms with Gasteiger partial charge in [-0.3, -0.25) is 4.79 Å². The normalized spacial score (nSPS) is 17.0. The van der Waals surface area contributed by atoms with Crippen molar-refractivity contribution in [1.29, 1.82) is 5.26 Å². The molecule has 0 amide bonds. The Morgan fingerprint density at radius 1 is 1.06 bits per heavy atom. The van der Waals surface area contributed by atoms with E-state index < -0.39 is 0 Å². The molecule has 2 heterocycles. The SMILES string of the molecule is CC1(C)CC(CC(=O)c2ccc(Oc3ccccc3C#N)c(-c3cncnc3)c2)CC(C)(C)N1. The first-order valence-corrected chi connectivity index (χ1v) is 11.5. The van der Waals surface area contributed by atoms with Crippen molar-refractivity contribution in [2.75, 3.05) is 0 Å². The third kappa shape index (κ3) is 5.49. The number of para-hydroxylation sites is 1. The summed E-state index contributed by atoms with van der Waals surface area (Å²) in [7, 11) is 0. The Labute approximate surface area is 201 Å². The number of piperidine rings is 1. The predicted octanol–water partition coefficient (Wildman–Crippen LogP) is 5.94. The van der Waals surface area contributed by atoms with Crippen molar-refractivity contribution < 1.29 is 9.53 Å². The Kier molecular flexibility index (Phi) is 6.49. The molecule has 34 heavy (non-hydrogen) atoms. The van der Waals surface area contributed by atoms with Gasteiger partial charge >= 0.3 is 0 Å². The number of ether oxygens (including phenoxy) is 1. The first kappa shape index (κ1) is 23.6. The summed E-state index contributed by atoms with van der Waals surface area (Å²) in [6.45, 7) is 8.79. The molecule has 4 rings (SSSR count). The van der Waals surface area contributed by atoms with Gasteiger partial charge in [-0.05, 0) is 76.8 Å². The van der Waals surface area contributed by atoms with Crippen LogP contribution >= 0.6 is 0 Å². The lowest BCUT2D eigenvalue weighted by atomic mass is 9.74. The van der Waals surface area contributed by atoms with Crippen LogP contribution in [0.5, 0.6) is 11.5 Å². The van der Waals surface area contributed by atoms with Crippen LogP contribution in [0.3, 0.4) is 0 Å². The van der Waals surface area contributed by atoms with Gasteiger partial charge in [0.2, 0.25) is 0 Å². The number of nitrogens with zero attached hydrogens (tertiary/aromatic N) is 3. The number of nitriles is 1. The summed E-state index contributed by atoms with van der Waals surface area (Å²) in [5.41, 5.74) is 2.51. The molecule has 1 saturated heterocycles. The van der Waals surface area contributed by atoms with E-state index >= 15 is 0 Å². The van der Waals surface area contributed by atoms with Crippen LogP contribution in [-0.4, -0.2) is 26.8 Å². The van der Waals surface area contributed by atoms with Crippen molar-refractivity contribution in [1.82, 2.24) is 15.3 Å². The maximum atomic E-state index is 13.4. The van der Waals surface area contributed by atoms with Crippen molar-refractivity contribution in [2.24, 2.45) is 5.92 Å². The molecule has 0 atom stereocenters. The van der Waals surface area contributed by atoms with Gasteiger partial charge in [0.05, 0.1) is 5.56 Å². The molecule has 1 aromatic heterocycles. The van der Waals surface area contributed by atoms with Gasteiger partial charge in [-0.2, -0.15) is 5.26 Å². The molecule has 2 aromatic carbocycles. The van der Waals surface area contributed by atoms with Gasteiger partial charge in [-0.15, -0.1) is 0 Å². The fraction of sp³-hybridized carbons (Fsp3) is 0.357. The van der Waals surface area contributed by atoms with Crippen molar-refractivity contribution in [2.45, 2.75) is 58.0 Å². The summed E-state index contributed by atoms with van der Waals surface area (Å²) in [4.78, 5) is 21.6. The largest absolute Gasteiger partial charge is 0.455 e. The van der Waals surface area contributed by atoms with Crippen LogP contribution < -0.4 is 10.1 Å².